The minimum Gasteiger partial charge on any atom is -0.377 e. The molecule has 1 aliphatic heterocycles. The fraction of sp³-hybridized carbons (Fsp3) is 0.500. The van der Waals surface area contributed by atoms with Gasteiger partial charge in [0.15, 0.2) is 0 Å². The van der Waals surface area contributed by atoms with Crippen LogP contribution in [-0.2, 0) is 11.2 Å². The Hall–Kier alpha value is -1.51. The van der Waals surface area contributed by atoms with Gasteiger partial charge in [0.05, 0.1) is 24.4 Å². The van der Waals surface area contributed by atoms with Gasteiger partial charge >= 0.3 is 6.03 Å². The second-order valence-electron chi connectivity index (χ2n) is 5.07. The number of hydrogen-bond donors (Lipinski definition) is 1. The number of ether oxygens (including phenoxy) is 1. The molecular weight excluding hydrogens is 320 g/mol. The van der Waals surface area contributed by atoms with E-state index in [-0.39, 0.29) is 12.1 Å². The number of morpholine rings is 1. The summed E-state index contributed by atoms with van der Waals surface area (Å²) in [5, 5.41) is 7.91. The van der Waals surface area contributed by atoms with E-state index in [0.29, 0.717) is 26.3 Å². The molecular formula is C14H18N4O2S2. The van der Waals surface area contributed by atoms with E-state index in [4.69, 9.17) is 4.74 Å². The van der Waals surface area contributed by atoms with Crippen LogP contribution < -0.4 is 5.32 Å². The van der Waals surface area contributed by atoms with Gasteiger partial charge in [-0.1, -0.05) is 0 Å². The van der Waals surface area contributed by atoms with E-state index in [1.54, 1.807) is 28.2 Å². The average Bonchev–Trinajstić information content (AvgIpc) is 3.19. The van der Waals surface area contributed by atoms with Gasteiger partial charge < -0.3 is 15.0 Å². The van der Waals surface area contributed by atoms with E-state index in [1.165, 1.54) is 0 Å². The molecule has 0 aliphatic carbocycles. The van der Waals surface area contributed by atoms with Gasteiger partial charge in [-0.2, -0.15) is 0 Å². The van der Waals surface area contributed by atoms with Gasteiger partial charge in [0.25, 0.3) is 0 Å². The van der Waals surface area contributed by atoms with Crippen molar-refractivity contribution < 1.29 is 9.53 Å². The molecule has 22 heavy (non-hydrogen) atoms. The number of nitrogens with one attached hydrogen (secondary N) is 1. The maximum atomic E-state index is 12.4. The molecule has 0 saturated carbocycles. The number of amides is 2. The zero-order chi connectivity index (χ0) is 15.4. The molecule has 2 aromatic heterocycles. The first-order valence-electron chi connectivity index (χ1n) is 7.15. The highest BCUT2D eigenvalue weighted by molar-refractivity contribution is 7.09. The lowest BCUT2D eigenvalue weighted by molar-refractivity contribution is 0.0116. The zero-order valence-electron chi connectivity index (χ0n) is 12.3. The molecule has 0 radical (unpaired) electrons. The summed E-state index contributed by atoms with van der Waals surface area (Å²) in [6.45, 7) is 4.21. The van der Waals surface area contributed by atoms with Crippen molar-refractivity contribution in [1.82, 2.24) is 20.2 Å². The summed E-state index contributed by atoms with van der Waals surface area (Å²) in [6.07, 6.45) is 0.751. The second-order valence-corrected chi connectivity index (χ2v) is 6.68. The molecule has 1 saturated heterocycles. The first-order chi connectivity index (χ1) is 10.7. The molecule has 3 heterocycles. The van der Waals surface area contributed by atoms with Crippen LogP contribution in [-0.4, -0.2) is 47.2 Å². The Morgan fingerprint density at radius 2 is 2.45 bits per heavy atom. The zero-order valence-corrected chi connectivity index (χ0v) is 14.0. The van der Waals surface area contributed by atoms with Crippen LogP contribution in [0.5, 0.6) is 0 Å². The quantitative estimate of drug-likeness (QED) is 0.928. The SMILES string of the molecule is Cc1csc(C2COCCN2C(=O)NCCc2cscn2)n1. The molecule has 6 nitrogen and oxygen atoms in total. The van der Waals surface area contributed by atoms with Crippen molar-refractivity contribution >= 4 is 28.7 Å². The Labute approximate surface area is 137 Å². The van der Waals surface area contributed by atoms with Crippen LogP contribution >= 0.6 is 22.7 Å². The molecule has 2 aromatic rings. The minimum atomic E-state index is -0.0910. The average molecular weight is 338 g/mol. The predicted molar refractivity (Wildman–Crippen MR) is 86.3 cm³/mol. The summed E-state index contributed by atoms with van der Waals surface area (Å²) in [4.78, 5) is 23.0. The Bertz CT molecular complexity index is 614. The molecule has 3 rings (SSSR count). The number of aromatic nitrogens is 2. The fourth-order valence-electron chi connectivity index (χ4n) is 2.34. The summed E-state index contributed by atoms with van der Waals surface area (Å²) in [5.74, 6) is 0. The molecule has 0 spiro atoms. The fourth-order valence-corrected chi connectivity index (χ4v) is 3.82. The van der Waals surface area contributed by atoms with Crippen molar-refractivity contribution in [1.29, 1.82) is 0 Å². The van der Waals surface area contributed by atoms with Crippen LogP contribution in [0.2, 0.25) is 0 Å². The number of urea groups is 1. The summed E-state index contributed by atoms with van der Waals surface area (Å²) < 4.78 is 5.53. The number of hydrogen-bond acceptors (Lipinski definition) is 6. The van der Waals surface area contributed by atoms with Gasteiger partial charge in [0.2, 0.25) is 0 Å². The molecule has 1 fully saturated rings. The van der Waals surface area contributed by atoms with Crippen molar-refractivity contribution in [3.05, 3.63) is 32.7 Å². The van der Waals surface area contributed by atoms with Crippen molar-refractivity contribution in [2.45, 2.75) is 19.4 Å². The van der Waals surface area contributed by atoms with Crippen molar-refractivity contribution in [3.63, 3.8) is 0 Å². The first kappa shape index (κ1) is 15.4. The lowest BCUT2D eigenvalue weighted by atomic mass is 10.2. The van der Waals surface area contributed by atoms with E-state index in [2.05, 4.69) is 15.3 Å². The van der Waals surface area contributed by atoms with Crippen molar-refractivity contribution in [2.24, 2.45) is 0 Å². The highest BCUT2D eigenvalue weighted by Gasteiger charge is 2.30. The van der Waals surface area contributed by atoms with Crippen LogP contribution in [0.25, 0.3) is 0 Å². The van der Waals surface area contributed by atoms with E-state index >= 15 is 0 Å². The van der Waals surface area contributed by atoms with E-state index in [9.17, 15) is 4.79 Å². The number of carbonyl (C=O) groups is 1. The smallest absolute Gasteiger partial charge is 0.318 e. The number of rotatable bonds is 4. The van der Waals surface area contributed by atoms with Crippen LogP contribution in [0.15, 0.2) is 16.3 Å². The third kappa shape index (κ3) is 3.63. The van der Waals surface area contributed by atoms with Crippen LogP contribution in [0.4, 0.5) is 4.79 Å². The maximum absolute atomic E-state index is 12.4. The topological polar surface area (TPSA) is 67.3 Å². The molecule has 1 atom stereocenters. The van der Waals surface area contributed by atoms with E-state index in [0.717, 1.165) is 22.8 Å². The van der Waals surface area contributed by atoms with Crippen molar-refractivity contribution in [3.8, 4) is 0 Å². The van der Waals surface area contributed by atoms with Crippen LogP contribution in [0, 0.1) is 6.92 Å². The van der Waals surface area contributed by atoms with E-state index in [1.807, 2.05) is 22.6 Å². The molecule has 118 valence electrons. The minimum absolute atomic E-state index is 0.0589. The number of aryl methyl sites for hydroxylation is 1. The van der Waals surface area contributed by atoms with Gasteiger partial charge in [0.1, 0.15) is 11.0 Å². The largest absolute Gasteiger partial charge is 0.377 e. The summed E-state index contributed by atoms with van der Waals surface area (Å²) in [5.41, 5.74) is 3.80. The normalized spacial score (nSPS) is 18.4. The lowest BCUT2D eigenvalue weighted by Crippen LogP contribution is -2.48. The van der Waals surface area contributed by atoms with Gasteiger partial charge in [-0.25, -0.2) is 14.8 Å². The Morgan fingerprint density at radius 1 is 1.55 bits per heavy atom. The predicted octanol–water partition coefficient (Wildman–Crippen LogP) is 2.23. The van der Waals surface area contributed by atoms with Gasteiger partial charge in [0, 0.05) is 36.0 Å². The lowest BCUT2D eigenvalue weighted by Gasteiger charge is -2.34. The van der Waals surface area contributed by atoms with Gasteiger partial charge in [-0.05, 0) is 6.92 Å². The first-order valence-corrected chi connectivity index (χ1v) is 8.97. The number of thiazole rings is 2. The van der Waals surface area contributed by atoms with Gasteiger partial charge in [-0.15, -0.1) is 22.7 Å². The Balaban J connectivity index is 1.59. The third-order valence-electron chi connectivity index (χ3n) is 3.45. The summed E-state index contributed by atoms with van der Waals surface area (Å²) in [7, 11) is 0. The monoisotopic (exact) mass is 338 g/mol. The van der Waals surface area contributed by atoms with Crippen LogP contribution in [0.3, 0.4) is 0 Å². The highest BCUT2D eigenvalue weighted by atomic mass is 32.1. The summed E-state index contributed by atoms with van der Waals surface area (Å²) >= 11 is 3.15. The molecule has 8 heteroatoms. The van der Waals surface area contributed by atoms with E-state index < -0.39 is 0 Å². The van der Waals surface area contributed by atoms with Crippen LogP contribution in [0.1, 0.15) is 22.4 Å². The molecule has 1 aliphatic rings. The maximum Gasteiger partial charge on any atom is 0.318 e. The highest BCUT2D eigenvalue weighted by Crippen LogP contribution is 2.26. The molecule has 1 unspecified atom stereocenters. The second kappa shape index (κ2) is 7.17. The third-order valence-corrected chi connectivity index (χ3v) is 5.15. The Morgan fingerprint density at radius 3 is 3.18 bits per heavy atom. The Kier molecular flexibility index (Phi) is 5.01. The summed E-state index contributed by atoms with van der Waals surface area (Å²) in [6, 6.07) is -0.150. The standard InChI is InChI=1S/C14H18N4O2S2/c1-10-7-22-13(17-10)12-6-20-5-4-18(12)14(19)15-3-2-11-8-21-9-16-11/h7-9,12H,2-6H2,1H3,(H,15,19). The van der Waals surface area contributed by atoms with Gasteiger partial charge in [-0.3, -0.25) is 0 Å². The van der Waals surface area contributed by atoms with Crippen molar-refractivity contribution in [2.75, 3.05) is 26.3 Å². The number of nitrogens with zero attached hydrogens (tertiary/aromatic N) is 3. The molecule has 2 amide bonds. The molecule has 0 aromatic carbocycles. The molecule has 0 bridgehead atoms. The molecule has 1 N–H and O–H groups in total. The number of carbonyl (C=O) groups excluding carboxylic acids is 1.